The molecule has 0 aromatic heterocycles. The van der Waals surface area contributed by atoms with Crippen LogP contribution in [0.25, 0.3) is 0 Å². The highest BCUT2D eigenvalue weighted by Crippen LogP contribution is 2.24. The van der Waals surface area contributed by atoms with E-state index in [1.165, 1.54) is 41.3 Å². The van der Waals surface area contributed by atoms with Gasteiger partial charge in [0, 0.05) is 24.3 Å². The van der Waals surface area contributed by atoms with Gasteiger partial charge in [-0.25, -0.2) is 4.79 Å². The smallest absolute Gasteiger partial charge is 0.484 e. The Labute approximate surface area is 204 Å². The number of urea groups is 1. The number of hydrogen-bond acceptors (Lipinski definition) is 6. The average molecular weight is 510 g/mol. The van der Waals surface area contributed by atoms with E-state index < -0.39 is 42.1 Å². The van der Waals surface area contributed by atoms with Crippen molar-refractivity contribution in [2.45, 2.75) is 31.3 Å². The molecule has 4 amide bonds. The van der Waals surface area contributed by atoms with Crippen LogP contribution in [0.5, 0.6) is 11.5 Å². The first-order valence-electron chi connectivity index (χ1n) is 10.9. The third-order valence-corrected chi connectivity index (χ3v) is 5.25. The van der Waals surface area contributed by atoms with Gasteiger partial charge in [-0.15, -0.1) is 13.2 Å². The van der Waals surface area contributed by atoms with Crippen LogP contribution in [-0.4, -0.2) is 66.1 Å². The molecule has 1 saturated heterocycles. The molecule has 1 heterocycles. The number of aliphatic hydroxyl groups is 1. The summed E-state index contributed by atoms with van der Waals surface area (Å²) in [5.41, 5.74) is 5.55. The molecule has 0 bridgehead atoms. The number of nitrogens with one attached hydrogen (secondary N) is 2. The number of ether oxygens (including phenoxy) is 2. The van der Waals surface area contributed by atoms with E-state index in [4.69, 9.17) is 10.5 Å². The van der Waals surface area contributed by atoms with Crippen LogP contribution >= 0.6 is 0 Å². The maximum absolute atomic E-state index is 12.8. The monoisotopic (exact) mass is 510 g/mol. The van der Waals surface area contributed by atoms with Gasteiger partial charge in [0.05, 0.1) is 12.1 Å². The van der Waals surface area contributed by atoms with E-state index in [-0.39, 0.29) is 24.4 Å². The Kier molecular flexibility index (Phi) is 8.59. The van der Waals surface area contributed by atoms with E-state index >= 15 is 0 Å². The number of nitrogens with two attached hydrogens (primary N) is 1. The van der Waals surface area contributed by atoms with E-state index in [1.54, 1.807) is 0 Å². The van der Waals surface area contributed by atoms with Gasteiger partial charge < -0.3 is 35.8 Å². The molecule has 2 aromatic carbocycles. The van der Waals surface area contributed by atoms with Gasteiger partial charge in [-0.3, -0.25) is 9.59 Å². The highest BCUT2D eigenvalue weighted by Gasteiger charge is 2.31. The first-order valence-corrected chi connectivity index (χ1v) is 10.9. The predicted octanol–water partition coefficient (Wildman–Crippen LogP) is 2.24. The van der Waals surface area contributed by atoms with Crippen LogP contribution in [0.3, 0.4) is 0 Å². The number of aliphatic hydroxyl groups excluding tert-OH is 1. The van der Waals surface area contributed by atoms with Gasteiger partial charge in [0.1, 0.15) is 11.5 Å². The fraction of sp³-hybridized carbons (Fsp3) is 0.348. The van der Waals surface area contributed by atoms with Crippen LogP contribution < -0.4 is 25.8 Å². The summed E-state index contributed by atoms with van der Waals surface area (Å²) >= 11 is 0. The van der Waals surface area contributed by atoms with Crippen LogP contribution in [0.15, 0.2) is 48.5 Å². The highest BCUT2D eigenvalue weighted by molar-refractivity contribution is 5.94. The normalized spacial score (nSPS) is 18.1. The molecule has 2 atom stereocenters. The molecule has 194 valence electrons. The zero-order valence-corrected chi connectivity index (χ0v) is 19.0. The molecule has 1 fully saturated rings. The van der Waals surface area contributed by atoms with E-state index in [0.29, 0.717) is 25.1 Å². The van der Waals surface area contributed by atoms with Crippen molar-refractivity contribution in [3.05, 3.63) is 54.1 Å². The summed E-state index contributed by atoms with van der Waals surface area (Å²) in [6.07, 6.45) is -4.90. The zero-order chi connectivity index (χ0) is 26.3. The number of likely N-dealkylation sites (tertiary alicyclic amines) is 1. The molecule has 0 saturated carbocycles. The molecule has 1 aliphatic rings. The van der Waals surface area contributed by atoms with Gasteiger partial charge in [0.15, 0.2) is 6.61 Å². The molecule has 36 heavy (non-hydrogen) atoms. The Morgan fingerprint density at radius 2 is 1.69 bits per heavy atom. The van der Waals surface area contributed by atoms with Crippen LogP contribution in [0, 0.1) is 0 Å². The number of halogens is 3. The number of carbonyl (C=O) groups is 3. The maximum Gasteiger partial charge on any atom is 0.573 e. The molecule has 13 heteroatoms. The summed E-state index contributed by atoms with van der Waals surface area (Å²) in [4.78, 5) is 37.7. The lowest BCUT2D eigenvalue weighted by Gasteiger charge is -2.27. The van der Waals surface area contributed by atoms with Crippen molar-refractivity contribution in [3.8, 4) is 11.5 Å². The minimum Gasteiger partial charge on any atom is -0.484 e. The number of carbonyl (C=O) groups excluding carboxylic acids is 3. The van der Waals surface area contributed by atoms with Crippen LogP contribution in [0.2, 0.25) is 0 Å². The van der Waals surface area contributed by atoms with Crippen molar-refractivity contribution in [1.82, 2.24) is 10.2 Å². The lowest BCUT2D eigenvalue weighted by molar-refractivity contribution is -0.274. The van der Waals surface area contributed by atoms with Crippen LogP contribution in [-0.2, 0) is 4.79 Å². The van der Waals surface area contributed by atoms with Gasteiger partial charge in [-0.05, 0) is 61.4 Å². The third-order valence-electron chi connectivity index (χ3n) is 5.25. The Hall–Kier alpha value is -4.00. The molecule has 10 nitrogen and oxygen atoms in total. The number of hydrogen-bond donors (Lipinski definition) is 4. The molecular weight excluding hydrogens is 485 g/mol. The van der Waals surface area contributed by atoms with Crippen molar-refractivity contribution in [2.75, 3.05) is 25.0 Å². The standard InChI is InChI=1S/C23H25F3N4O6/c24-23(25,26)36-17-9-5-15(6-10-17)28-22(34)30-11-1-2-19(31)18(12-30)29-21(33)14-3-7-16(8-4-14)35-13-20(27)32/h3-10,18-19,31H,1-2,11-13H2,(H2,27,32)(H,28,34)(H,29,33)/t18-,19-/m1/s1. The summed E-state index contributed by atoms with van der Waals surface area (Å²) < 4.78 is 45.9. The first kappa shape index (κ1) is 26.6. The third kappa shape index (κ3) is 8.05. The van der Waals surface area contributed by atoms with E-state index in [9.17, 15) is 32.7 Å². The number of rotatable bonds is 7. The highest BCUT2D eigenvalue weighted by atomic mass is 19.4. The topological polar surface area (TPSA) is 143 Å². The van der Waals surface area contributed by atoms with Gasteiger partial charge in [0.2, 0.25) is 0 Å². The number of alkyl halides is 3. The number of anilines is 1. The molecule has 0 aliphatic carbocycles. The SMILES string of the molecule is NC(=O)COc1ccc(C(=O)N[C@@H]2CN(C(=O)Nc3ccc(OC(F)(F)F)cc3)CCC[C@H]2O)cc1. The van der Waals surface area contributed by atoms with Crippen LogP contribution in [0.4, 0.5) is 23.7 Å². The van der Waals surface area contributed by atoms with E-state index in [2.05, 4.69) is 15.4 Å². The molecule has 0 unspecified atom stereocenters. The largest absolute Gasteiger partial charge is 0.573 e. The minimum absolute atomic E-state index is 0.00775. The summed E-state index contributed by atoms with van der Waals surface area (Å²) in [5, 5.41) is 15.8. The van der Waals surface area contributed by atoms with Crippen LogP contribution in [0.1, 0.15) is 23.2 Å². The molecular formula is C23H25F3N4O6. The number of primary amides is 1. The van der Waals surface area contributed by atoms with Crippen molar-refractivity contribution in [1.29, 1.82) is 0 Å². The van der Waals surface area contributed by atoms with Crippen molar-refractivity contribution < 1.29 is 42.1 Å². The zero-order valence-electron chi connectivity index (χ0n) is 19.0. The lowest BCUT2D eigenvalue weighted by atomic mass is 10.1. The Bertz CT molecular complexity index is 1060. The average Bonchev–Trinajstić information content (AvgIpc) is 2.99. The predicted molar refractivity (Wildman–Crippen MR) is 121 cm³/mol. The van der Waals surface area contributed by atoms with Gasteiger partial charge in [-0.2, -0.15) is 0 Å². The molecule has 5 N–H and O–H groups in total. The fourth-order valence-electron chi connectivity index (χ4n) is 3.52. The minimum atomic E-state index is -4.82. The number of nitrogens with zero attached hydrogens (tertiary/aromatic N) is 1. The van der Waals surface area contributed by atoms with E-state index in [0.717, 1.165) is 12.1 Å². The molecule has 0 spiro atoms. The number of benzene rings is 2. The Balaban J connectivity index is 1.59. The fourth-order valence-corrected chi connectivity index (χ4v) is 3.52. The van der Waals surface area contributed by atoms with Crippen molar-refractivity contribution in [2.24, 2.45) is 5.73 Å². The van der Waals surface area contributed by atoms with E-state index in [1.807, 2.05) is 0 Å². The maximum atomic E-state index is 12.8. The lowest BCUT2D eigenvalue weighted by Crippen LogP contribution is -2.50. The Morgan fingerprint density at radius 3 is 2.31 bits per heavy atom. The summed E-state index contributed by atoms with van der Waals surface area (Å²) in [6, 6.07) is 9.31. The second-order valence-electron chi connectivity index (χ2n) is 8.02. The van der Waals surface area contributed by atoms with Crippen molar-refractivity contribution >= 4 is 23.5 Å². The van der Waals surface area contributed by atoms with Gasteiger partial charge in [0.25, 0.3) is 11.8 Å². The Morgan fingerprint density at radius 1 is 1.06 bits per heavy atom. The summed E-state index contributed by atoms with van der Waals surface area (Å²) in [5.74, 6) is -1.20. The first-order chi connectivity index (χ1) is 17.0. The summed E-state index contributed by atoms with van der Waals surface area (Å²) in [6.45, 7) is 0.00738. The van der Waals surface area contributed by atoms with Gasteiger partial charge >= 0.3 is 12.4 Å². The second-order valence-corrected chi connectivity index (χ2v) is 8.02. The number of amides is 4. The quantitative estimate of drug-likeness (QED) is 0.450. The van der Waals surface area contributed by atoms with Crippen molar-refractivity contribution in [3.63, 3.8) is 0 Å². The second kappa shape index (κ2) is 11.6. The molecule has 1 aliphatic heterocycles. The molecule has 3 rings (SSSR count). The molecule has 2 aromatic rings. The summed E-state index contributed by atoms with van der Waals surface area (Å²) in [7, 11) is 0. The molecule has 0 radical (unpaired) electrons. The van der Waals surface area contributed by atoms with Gasteiger partial charge in [-0.1, -0.05) is 0 Å².